The Morgan fingerprint density at radius 3 is 2.41 bits per heavy atom. The second kappa shape index (κ2) is 8.00. The predicted octanol–water partition coefficient (Wildman–Crippen LogP) is 0.593. The number of hydrogen-bond acceptors (Lipinski definition) is 5. The zero-order valence-electron chi connectivity index (χ0n) is 10.9. The second-order valence-corrected chi connectivity index (χ2v) is 4.46. The van der Waals surface area contributed by atoms with E-state index in [0.29, 0.717) is 32.8 Å². The lowest BCUT2D eigenvalue weighted by Crippen LogP contribution is -2.54. The van der Waals surface area contributed by atoms with Crippen molar-refractivity contribution in [3.63, 3.8) is 0 Å². The van der Waals surface area contributed by atoms with Crippen LogP contribution in [0.15, 0.2) is 0 Å². The highest BCUT2D eigenvalue weighted by Crippen LogP contribution is 2.27. The molecular formula is C12H24O5. The largest absolute Gasteiger partial charge is 0.390 e. The number of aliphatic hydroxyl groups excluding tert-OH is 1. The van der Waals surface area contributed by atoms with Crippen LogP contribution in [-0.2, 0) is 18.9 Å². The van der Waals surface area contributed by atoms with Gasteiger partial charge in [-0.1, -0.05) is 0 Å². The van der Waals surface area contributed by atoms with E-state index in [9.17, 15) is 5.11 Å². The van der Waals surface area contributed by atoms with Gasteiger partial charge in [0.1, 0.15) is 6.10 Å². The summed E-state index contributed by atoms with van der Waals surface area (Å²) in [6.45, 7) is 6.12. The van der Waals surface area contributed by atoms with E-state index in [2.05, 4.69) is 0 Å². The average Bonchev–Trinajstić information content (AvgIpc) is 2.28. The Balaban J connectivity index is 2.07. The van der Waals surface area contributed by atoms with Crippen LogP contribution in [0.25, 0.3) is 0 Å². The molecular weight excluding hydrogens is 224 g/mol. The Hall–Kier alpha value is -0.200. The first-order chi connectivity index (χ1) is 8.15. The summed E-state index contributed by atoms with van der Waals surface area (Å²) >= 11 is 0. The quantitative estimate of drug-likeness (QED) is 0.605. The maximum absolute atomic E-state index is 9.55. The van der Waals surface area contributed by atoms with Gasteiger partial charge < -0.3 is 24.1 Å². The maximum atomic E-state index is 9.55. The van der Waals surface area contributed by atoms with E-state index in [1.165, 1.54) is 0 Å². The normalized spacial score (nSPS) is 28.4. The first-order valence-corrected chi connectivity index (χ1v) is 6.17. The van der Waals surface area contributed by atoms with Gasteiger partial charge in [-0.3, -0.25) is 0 Å². The van der Waals surface area contributed by atoms with E-state index in [1.807, 2.05) is 13.8 Å². The summed E-state index contributed by atoms with van der Waals surface area (Å²) in [5, 5.41) is 9.55. The van der Waals surface area contributed by atoms with Crippen LogP contribution < -0.4 is 0 Å². The standard InChI is InChI=1S/C12H24O5/c1-9(2)15-6-7-16-11-8-10(13)12(11)17-5-4-14-3/h9-13H,4-8H2,1-3H3. The summed E-state index contributed by atoms with van der Waals surface area (Å²) in [5.41, 5.74) is 0. The summed E-state index contributed by atoms with van der Waals surface area (Å²) in [5.74, 6) is 0. The van der Waals surface area contributed by atoms with Crippen LogP contribution in [0.1, 0.15) is 20.3 Å². The van der Waals surface area contributed by atoms with Gasteiger partial charge in [0.15, 0.2) is 0 Å². The summed E-state index contributed by atoms with van der Waals surface area (Å²) < 4.78 is 21.3. The van der Waals surface area contributed by atoms with Crippen molar-refractivity contribution in [2.24, 2.45) is 0 Å². The number of rotatable bonds is 9. The Bertz CT molecular complexity index is 197. The van der Waals surface area contributed by atoms with Gasteiger partial charge in [0, 0.05) is 13.5 Å². The van der Waals surface area contributed by atoms with E-state index in [1.54, 1.807) is 7.11 Å². The lowest BCUT2D eigenvalue weighted by molar-refractivity contribution is -0.199. The number of aliphatic hydroxyl groups is 1. The van der Waals surface area contributed by atoms with Crippen LogP contribution in [0.4, 0.5) is 0 Å². The molecule has 1 rings (SSSR count). The van der Waals surface area contributed by atoms with Gasteiger partial charge in [-0.05, 0) is 13.8 Å². The molecule has 1 N–H and O–H groups in total. The lowest BCUT2D eigenvalue weighted by atomic mass is 9.88. The van der Waals surface area contributed by atoms with Crippen LogP contribution in [0.2, 0.25) is 0 Å². The van der Waals surface area contributed by atoms with E-state index in [4.69, 9.17) is 18.9 Å². The smallest absolute Gasteiger partial charge is 0.110 e. The summed E-state index contributed by atoms with van der Waals surface area (Å²) in [4.78, 5) is 0. The number of ether oxygens (including phenoxy) is 4. The average molecular weight is 248 g/mol. The molecule has 102 valence electrons. The molecule has 0 heterocycles. The highest BCUT2D eigenvalue weighted by atomic mass is 16.6. The van der Waals surface area contributed by atoms with Gasteiger partial charge in [0.25, 0.3) is 0 Å². The van der Waals surface area contributed by atoms with Gasteiger partial charge in [-0.2, -0.15) is 0 Å². The van der Waals surface area contributed by atoms with E-state index >= 15 is 0 Å². The highest BCUT2D eigenvalue weighted by Gasteiger charge is 2.41. The molecule has 0 spiro atoms. The lowest BCUT2D eigenvalue weighted by Gasteiger charge is -2.40. The Morgan fingerprint density at radius 2 is 1.82 bits per heavy atom. The fourth-order valence-corrected chi connectivity index (χ4v) is 1.69. The van der Waals surface area contributed by atoms with Crippen molar-refractivity contribution in [3.8, 4) is 0 Å². The third-order valence-corrected chi connectivity index (χ3v) is 2.68. The van der Waals surface area contributed by atoms with Crippen LogP contribution in [-0.4, -0.2) is 63.1 Å². The molecule has 0 amide bonds. The fourth-order valence-electron chi connectivity index (χ4n) is 1.69. The molecule has 0 aromatic carbocycles. The van der Waals surface area contributed by atoms with Crippen molar-refractivity contribution in [3.05, 3.63) is 0 Å². The van der Waals surface area contributed by atoms with E-state index < -0.39 is 6.10 Å². The SMILES string of the molecule is COCCOC1C(O)CC1OCCOC(C)C. The number of hydrogen-bond donors (Lipinski definition) is 1. The Kier molecular flexibility index (Phi) is 6.99. The Morgan fingerprint density at radius 1 is 1.12 bits per heavy atom. The van der Waals surface area contributed by atoms with Crippen LogP contribution in [0.5, 0.6) is 0 Å². The van der Waals surface area contributed by atoms with Gasteiger partial charge in [-0.25, -0.2) is 0 Å². The molecule has 1 aliphatic carbocycles. The fraction of sp³-hybridized carbons (Fsp3) is 1.00. The molecule has 0 aromatic heterocycles. The first kappa shape index (κ1) is 14.9. The van der Waals surface area contributed by atoms with Gasteiger partial charge >= 0.3 is 0 Å². The van der Waals surface area contributed by atoms with Crippen molar-refractivity contribution in [2.45, 2.75) is 44.7 Å². The minimum Gasteiger partial charge on any atom is -0.390 e. The van der Waals surface area contributed by atoms with Crippen molar-refractivity contribution in [1.82, 2.24) is 0 Å². The zero-order chi connectivity index (χ0) is 12.7. The number of methoxy groups -OCH3 is 1. The molecule has 1 fully saturated rings. The first-order valence-electron chi connectivity index (χ1n) is 6.17. The van der Waals surface area contributed by atoms with Gasteiger partial charge in [0.2, 0.25) is 0 Å². The minimum absolute atomic E-state index is 0.0161. The summed E-state index contributed by atoms with van der Waals surface area (Å²) in [7, 11) is 1.62. The highest BCUT2D eigenvalue weighted by molar-refractivity contribution is 4.92. The van der Waals surface area contributed by atoms with Gasteiger partial charge in [-0.15, -0.1) is 0 Å². The van der Waals surface area contributed by atoms with Crippen molar-refractivity contribution in [2.75, 3.05) is 33.5 Å². The van der Waals surface area contributed by atoms with Gasteiger partial charge in [0.05, 0.1) is 44.7 Å². The monoisotopic (exact) mass is 248 g/mol. The van der Waals surface area contributed by atoms with Crippen LogP contribution >= 0.6 is 0 Å². The predicted molar refractivity (Wildman–Crippen MR) is 63.1 cm³/mol. The van der Waals surface area contributed by atoms with E-state index in [-0.39, 0.29) is 18.3 Å². The maximum Gasteiger partial charge on any atom is 0.110 e. The zero-order valence-corrected chi connectivity index (χ0v) is 10.9. The van der Waals surface area contributed by atoms with Crippen molar-refractivity contribution < 1.29 is 24.1 Å². The molecule has 1 saturated carbocycles. The third kappa shape index (κ3) is 5.31. The second-order valence-electron chi connectivity index (χ2n) is 4.46. The van der Waals surface area contributed by atoms with Crippen molar-refractivity contribution in [1.29, 1.82) is 0 Å². The molecule has 3 atom stereocenters. The van der Waals surface area contributed by atoms with Crippen LogP contribution in [0, 0.1) is 0 Å². The molecule has 17 heavy (non-hydrogen) atoms. The van der Waals surface area contributed by atoms with E-state index in [0.717, 1.165) is 0 Å². The van der Waals surface area contributed by atoms with Crippen molar-refractivity contribution >= 4 is 0 Å². The summed E-state index contributed by atoms with van der Waals surface area (Å²) in [6, 6.07) is 0. The molecule has 3 unspecified atom stereocenters. The molecule has 0 saturated heterocycles. The molecule has 5 nitrogen and oxygen atoms in total. The Labute approximate surface area is 103 Å². The topological polar surface area (TPSA) is 57.2 Å². The molecule has 0 aromatic rings. The molecule has 0 bridgehead atoms. The third-order valence-electron chi connectivity index (χ3n) is 2.68. The van der Waals surface area contributed by atoms with Crippen LogP contribution in [0.3, 0.4) is 0 Å². The molecule has 0 aliphatic heterocycles. The molecule has 0 radical (unpaired) electrons. The summed E-state index contributed by atoms with van der Waals surface area (Å²) in [6.07, 6.45) is 0.211. The molecule has 1 aliphatic rings. The molecule has 5 heteroatoms. The minimum atomic E-state index is -0.414.